The first kappa shape index (κ1) is 11.4. The highest BCUT2D eigenvalue weighted by molar-refractivity contribution is 7.14. The molecule has 4 nitrogen and oxygen atoms in total. The molecule has 1 aliphatic carbocycles. The van der Waals surface area contributed by atoms with Gasteiger partial charge in [-0.25, -0.2) is 9.78 Å². The van der Waals surface area contributed by atoms with Gasteiger partial charge in [0.2, 0.25) is 0 Å². The van der Waals surface area contributed by atoms with Crippen molar-refractivity contribution >= 4 is 22.5 Å². The van der Waals surface area contributed by atoms with Crippen molar-refractivity contribution < 1.29 is 4.79 Å². The van der Waals surface area contributed by atoms with Crippen LogP contribution < -0.4 is 10.2 Å². The maximum absolute atomic E-state index is 11.9. The third kappa shape index (κ3) is 2.52. The first-order valence-corrected chi connectivity index (χ1v) is 6.51. The summed E-state index contributed by atoms with van der Waals surface area (Å²) in [6.45, 7) is 1.93. The van der Waals surface area contributed by atoms with Gasteiger partial charge in [-0.3, -0.25) is 4.90 Å². The largest absolute Gasteiger partial charge is 0.335 e. The summed E-state index contributed by atoms with van der Waals surface area (Å²) >= 11 is 1.50. The van der Waals surface area contributed by atoms with Gasteiger partial charge in [0.05, 0.1) is 5.69 Å². The summed E-state index contributed by atoms with van der Waals surface area (Å²) < 4.78 is 0. The zero-order chi connectivity index (χ0) is 11.5. The molecule has 1 saturated carbocycles. The van der Waals surface area contributed by atoms with E-state index in [0.29, 0.717) is 6.04 Å². The van der Waals surface area contributed by atoms with Gasteiger partial charge in [-0.1, -0.05) is 12.8 Å². The Balaban J connectivity index is 1.93. The van der Waals surface area contributed by atoms with Crippen molar-refractivity contribution in [3.05, 3.63) is 11.1 Å². The summed E-state index contributed by atoms with van der Waals surface area (Å²) in [6, 6.07) is 0.317. The molecule has 1 aliphatic rings. The smallest absolute Gasteiger partial charge is 0.323 e. The molecule has 1 heterocycles. The van der Waals surface area contributed by atoms with Crippen LogP contribution in [0.3, 0.4) is 0 Å². The quantitative estimate of drug-likeness (QED) is 0.862. The second-order valence-corrected chi connectivity index (χ2v) is 5.10. The molecule has 0 saturated heterocycles. The Bertz CT molecular complexity index is 371. The minimum absolute atomic E-state index is 0.0405. The zero-order valence-electron chi connectivity index (χ0n) is 9.69. The molecule has 0 spiro atoms. The molecule has 2 amide bonds. The number of aromatic nitrogens is 1. The third-order valence-corrected chi connectivity index (χ3v) is 3.92. The highest BCUT2D eigenvalue weighted by Gasteiger charge is 2.20. The lowest BCUT2D eigenvalue weighted by atomic mass is 10.2. The average molecular weight is 239 g/mol. The molecule has 0 unspecified atom stereocenters. The number of anilines is 1. The van der Waals surface area contributed by atoms with E-state index in [4.69, 9.17) is 0 Å². The van der Waals surface area contributed by atoms with E-state index < -0.39 is 0 Å². The maximum atomic E-state index is 11.9. The number of nitrogens with zero attached hydrogens (tertiary/aromatic N) is 2. The lowest BCUT2D eigenvalue weighted by Gasteiger charge is -2.18. The fourth-order valence-corrected chi connectivity index (χ4v) is 2.69. The first-order valence-electron chi connectivity index (χ1n) is 5.63. The van der Waals surface area contributed by atoms with Gasteiger partial charge in [-0.2, -0.15) is 0 Å². The highest BCUT2D eigenvalue weighted by atomic mass is 32.1. The molecule has 1 N–H and O–H groups in total. The average Bonchev–Trinajstić information content (AvgIpc) is 2.88. The minimum Gasteiger partial charge on any atom is -0.335 e. The number of nitrogens with one attached hydrogen (secondary N) is 1. The van der Waals surface area contributed by atoms with Crippen LogP contribution in [-0.4, -0.2) is 24.1 Å². The SMILES string of the molecule is Cc1csc(N(C)C(=O)NC2CCCC2)n1. The van der Waals surface area contributed by atoms with E-state index in [1.54, 1.807) is 11.9 Å². The van der Waals surface area contributed by atoms with Gasteiger partial charge in [-0.15, -0.1) is 11.3 Å². The van der Waals surface area contributed by atoms with Crippen LogP contribution in [0.15, 0.2) is 5.38 Å². The van der Waals surface area contributed by atoms with Crippen LogP contribution >= 0.6 is 11.3 Å². The standard InChI is InChI=1S/C11H17N3OS/c1-8-7-16-11(12-8)14(2)10(15)13-9-5-3-4-6-9/h7,9H,3-6H2,1-2H3,(H,13,15). The lowest BCUT2D eigenvalue weighted by Crippen LogP contribution is -2.42. The van der Waals surface area contributed by atoms with Gasteiger partial charge >= 0.3 is 6.03 Å². The summed E-state index contributed by atoms with van der Waals surface area (Å²) in [5.74, 6) is 0. The van der Waals surface area contributed by atoms with E-state index in [9.17, 15) is 4.79 Å². The molecular formula is C11H17N3OS. The van der Waals surface area contributed by atoms with E-state index >= 15 is 0 Å². The van der Waals surface area contributed by atoms with Crippen molar-refractivity contribution in [3.8, 4) is 0 Å². The molecule has 0 aliphatic heterocycles. The fourth-order valence-electron chi connectivity index (χ4n) is 1.92. The number of rotatable bonds is 2. The normalized spacial score (nSPS) is 16.4. The molecule has 0 atom stereocenters. The highest BCUT2D eigenvalue weighted by Crippen LogP contribution is 2.21. The van der Waals surface area contributed by atoms with Crippen LogP contribution in [0.5, 0.6) is 0 Å². The molecule has 5 heteroatoms. The Labute approximate surface area is 99.7 Å². The molecule has 1 aromatic rings. The van der Waals surface area contributed by atoms with Gasteiger partial charge < -0.3 is 5.32 Å². The van der Waals surface area contributed by atoms with Gasteiger partial charge in [0.15, 0.2) is 5.13 Å². The fraction of sp³-hybridized carbons (Fsp3) is 0.636. The number of hydrogen-bond donors (Lipinski definition) is 1. The van der Waals surface area contributed by atoms with Crippen LogP contribution in [-0.2, 0) is 0 Å². The number of hydrogen-bond acceptors (Lipinski definition) is 3. The predicted octanol–water partition coefficient (Wildman–Crippen LogP) is 2.54. The van der Waals surface area contributed by atoms with Crippen molar-refractivity contribution in [2.75, 3.05) is 11.9 Å². The van der Waals surface area contributed by atoms with Crippen molar-refractivity contribution in [2.45, 2.75) is 38.6 Å². The summed E-state index contributed by atoms with van der Waals surface area (Å²) in [6.07, 6.45) is 4.67. The zero-order valence-corrected chi connectivity index (χ0v) is 10.5. The second-order valence-electron chi connectivity index (χ2n) is 4.26. The Morgan fingerprint density at radius 1 is 1.56 bits per heavy atom. The summed E-state index contributed by atoms with van der Waals surface area (Å²) in [7, 11) is 1.77. The van der Waals surface area contributed by atoms with Gasteiger partial charge in [-0.05, 0) is 19.8 Å². The predicted molar refractivity (Wildman–Crippen MR) is 66.0 cm³/mol. The van der Waals surface area contributed by atoms with Gasteiger partial charge in [0.1, 0.15) is 0 Å². The maximum Gasteiger partial charge on any atom is 0.323 e. The van der Waals surface area contributed by atoms with Crippen LogP contribution in [0.25, 0.3) is 0 Å². The number of amides is 2. The number of urea groups is 1. The lowest BCUT2D eigenvalue weighted by molar-refractivity contribution is 0.244. The number of aryl methyl sites for hydroxylation is 1. The van der Waals surface area contributed by atoms with Crippen LogP contribution in [0.1, 0.15) is 31.4 Å². The topological polar surface area (TPSA) is 45.2 Å². The van der Waals surface area contributed by atoms with Crippen LogP contribution in [0.2, 0.25) is 0 Å². The number of carbonyl (C=O) groups is 1. The van der Waals surface area contributed by atoms with E-state index in [-0.39, 0.29) is 6.03 Å². The Morgan fingerprint density at radius 3 is 2.81 bits per heavy atom. The Morgan fingerprint density at radius 2 is 2.25 bits per heavy atom. The van der Waals surface area contributed by atoms with E-state index in [1.165, 1.54) is 24.2 Å². The molecular weight excluding hydrogens is 222 g/mol. The second kappa shape index (κ2) is 4.82. The summed E-state index contributed by atoms with van der Waals surface area (Å²) in [4.78, 5) is 17.8. The van der Waals surface area contributed by atoms with Crippen molar-refractivity contribution in [1.29, 1.82) is 0 Å². The van der Waals surface area contributed by atoms with Crippen LogP contribution in [0, 0.1) is 6.92 Å². The summed E-state index contributed by atoms with van der Waals surface area (Å²) in [5.41, 5.74) is 0.959. The van der Waals surface area contributed by atoms with Crippen molar-refractivity contribution in [1.82, 2.24) is 10.3 Å². The van der Waals surface area contributed by atoms with Gasteiger partial charge in [0.25, 0.3) is 0 Å². The number of thiazole rings is 1. The molecule has 0 radical (unpaired) electrons. The minimum atomic E-state index is -0.0405. The first-order chi connectivity index (χ1) is 7.66. The molecule has 0 aromatic carbocycles. The van der Waals surface area contributed by atoms with E-state index in [1.807, 2.05) is 12.3 Å². The molecule has 1 aromatic heterocycles. The van der Waals surface area contributed by atoms with E-state index in [2.05, 4.69) is 10.3 Å². The molecule has 16 heavy (non-hydrogen) atoms. The Kier molecular flexibility index (Phi) is 3.43. The molecule has 2 rings (SSSR count). The van der Waals surface area contributed by atoms with Crippen molar-refractivity contribution in [3.63, 3.8) is 0 Å². The van der Waals surface area contributed by atoms with Gasteiger partial charge in [0, 0.05) is 18.5 Å². The molecule has 1 fully saturated rings. The monoisotopic (exact) mass is 239 g/mol. The van der Waals surface area contributed by atoms with Crippen LogP contribution in [0.4, 0.5) is 9.93 Å². The molecule has 0 bridgehead atoms. The van der Waals surface area contributed by atoms with E-state index in [0.717, 1.165) is 23.7 Å². The number of carbonyl (C=O) groups excluding carboxylic acids is 1. The Hall–Kier alpha value is -1.10. The van der Waals surface area contributed by atoms with Crippen molar-refractivity contribution in [2.24, 2.45) is 0 Å². The summed E-state index contributed by atoms with van der Waals surface area (Å²) in [5, 5.41) is 5.75. The molecule has 88 valence electrons. The third-order valence-electron chi connectivity index (χ3n) is 2.88.